The molecule has 0 saturated carbocycles. The number of nitrogens with one attached hydrogen (secondary N) is 2. The summed E-state index contributed by atoms with van der Waals surface area (Å²) in [7, 11) is -3.93. The van der Waals surface area contributed by atoms with Crippen molar-refractivity contribution in [2.24, 2.45) is 11.1 Å². The predicted octanol–water partition coefficient (Wildman–Crippen LogP) is 3.92. The topological polar surface area (TPSA) is 169 Å². The zero-order valence-electron chi connectivity index (χ0n) is 23.1. The molecule has 11 nitrogen and oxygen atoms in total. The summed E-state index contributed by atoms with van der Waals surface area (Å²) in [6.45, 7) is -0.530. The van der Waals surface area contributed by atoms with Gasteiger partial charge in [0.1, 0.15) is 11.0 Å². The van der Waals surface area contributed by atoms with Gasteiger partial charge in [0.25, 0.3) is 5.91 Å². The van der Waals surface area contributed by atoms with Gasteiger partial charge < -0.3 is 15.0 Å². The van der Waals surface area contributed by atoms with E-state index < -0.39 is 73.7 Å². The van der Waals surface area contributed by atoms with Gasteiger partial charge in [0, 0.05) is 22.0 Å². The van der Waals surface area contributed by atoms with Crippen LogP contribution in [0, 0.1) is 5.92 Å². The molecule has 0 radical (unpaired) electrons. The third-order valence-electron chi connectivity index (χ3n) is 7.35. The molecule has 2 aliphatic rings. The number of amides is 3. The van der Waals surface area contributed by atoms with E-state index in [9.17, 15) is 40.8 Å². The van der Waals surface area contributed by atoms with E-state index in [0.29, 0.717) is 20.4 Å². The largest absolute Gasteiger partial charge is 0.483 e. The summed E-state index contributed by atoms with van der Waals surface area (Å²) in [5.74, 6) is -4.39. The summed E-state index contributed by atoms with van der Waals surface area (Å²) < 4.78 is 70.5. The SMILES string of the molecule is NS(=O)(=O)c1ccc(NC(=O)COc2ccccc2[C@H]2c3sc(=O)[nH]c3SC3C(=O)N(c4ccccc4C(F)(F)F)C(=O)C32)cc1. The number of rotatable bonds is 7. The molecule has 238 valence electrons. The summed E-state index contributed by atoms with van der Waals surface area (Å²) >= 11 is 1.72. The molecule has 3 amide bonds. The Morgan fingerprint density at radius 1 is 0.978 bits per heavy atom. The van der Waals surface area contributed by atoms with Gasteiger partial charge in [-0.05, 0) is 42.5 Å². The standard InChI is InChI=1S/C29H21F3N4O7S3/c30-29(31,32)17-6-2-3-7-18(17)36-26(38)22-21(23-25(35-28(40)45-23)44-24(22)27(36)39)16-5-1-4-8-19(16)43-13-20(37)34-14-9-11-15(12-10-14)46(33,41)42/h1-12,21-22,24H,13H2,(H,34,37)(H,35,40)(H2,33,41,42)/t21-,22?,24?/m1/s1. The molecule has 1 fully saturated rings. The van der Waals surface area contributed by atoms with Crippen molar-refractivity contribution in [2.45, 2.75) is 27.3 Å². The van der Waals surface area contributed by atoms with E-state index in [1.54, 1.807) is 18.2 Å². The molecule has 1 saturated heterocycles. The number of thioether (sulfide) groups is 1. The number of nitrogens with two attached hydrogens (primary N) is 1. The molecule has 0 aliphatic carbocycles. The van der Waals surface area contributed by atoms with Crippen molar-refractivity contribution in [1.82, 2.24) is 4.98 Å². The van der Waals surface area contributed by atoms with E-state index in [4.69, 9.17) is 9.88 Å². The number of H-pyrrole nitrogens is 1. The minimum atomic E-state index is -4.84. The molecule has 2 aliphatic heterocycles. The second-order valence-electron chi connectivity index (χ2n) is 10.2. The van der Waals surface area contributed by atoms with Crippen LogP contribution in [0.3, 0.4) is 0 Å². The molecule has 0 spiro atoms. The van der Waals surface area contributed by atoms with E-state index in [2.05, 4.69) is 10.3 Å². The highest BCUT2D eigenvalue weighted by Crippen LogP contribution is 2.55. The Hall–Kier alpha value is -4.45. The summed E-state index contributed by atoms with van der Waals surface area (Å²) in [5, 5.41) is 6.80. The number of sulfonamides is 1. The van der Waals surface area contributed by atoms with Crippen LogP contribution in [0.15, 0.2) is 87.5 Å². The number of anilines is 2. The van der Waals surface area contributed by atoms with Crippen molar-refractivity contribution < 1.29 is 40.7 Å². The van der Waals surface area contributed by atoms with Gasteiger partial charge in [-0.3, -0.25) is 19.2 Å². The van der Waals surface area contributed by atoms with Gasteiger partial charge in [-0.1, -0.05) is 53.4 Å². The number of carbonyl (C=O) groups is 3. The Kier molecular flexibility index (Phi) is 8.04. The van der Waals surface area contributed by atoms with Crippen molar-refractivity contribution >= 4 is 62.2 Å². The van der Waals surface area contributed by atoms with Crippen molar-refractivity contribution in [2.75, 3.05) is 16.8 Å². The molecule has 3 atom stereocenters. The van der Waals surface area contributed by atoms with Crippen LogP contribution in [0.5, 0.6) is 5.75 Å². The Balaban J connectivity index is 1.32. The number of thiazole rings is 1. The first-order valence-corrected chi connectivity index (χ1v) is 16.6. The number of aromatic nitrogens is 1. The Morgan fingerprint density at radius 2 is 1.65 bits per heavy atom. The summed E-state index contributed by atoms with van der Waals surface area (Å²) in [6, 6.07) is 15.8. The number of imide groups is 1. The molecule has 4 N–H and O–H groups in total. The third kappa shape index (κ3) is 5.81. The first-order chi connectivity index (χ1) is 21.7. The van der Waals surface area contributed by atoms with Crippen LogP contribution < -0.4 is 25.0 Å². The Morgan fingerprint density at radius 3 is 2.35 bits per heavy atom. The number of hydrogen-bond donors (Lipinski definition) is 3. The number of para-hydroxylation sites is 2. The monoisotopic (exact) mass is 690 g/mol. The molecule has 17 heteroatoms. The number of hydrogen-bond acceptors (Lipinski definition) is 9. The van der Waals surface area contributed by atoms with Crippen LogP contribution >= 0.6 is 23.1 Å². The van der Waals surface area contributed by atoms with Gasteiger partial charge >= 0.3 is 11.0 Å². The van der Waals surface area contributed by atoms with Gasteiger partial charge in [-0.2, -0.15) is 13.2 Å². The quantitative estimate of drug-likeness (QED) is 0.245. The Bertz CT molecular complexity index is 2050. The summed E-state index contributed by atoms with van der Waals surface area (Å²) in [6.07, 6.45) is -4.84. The molecule has 2 unspecified atom stereocenters. The fourth-order valence-electron chi connectivity index (χ4n) is 5.44. The number of fused-ring (bicyclic) bond motifs is 2. The van der Waals surface area contributed by atoms with Gasteiger partial charge in [-0.25, -0.2) is 18.5 Å². The average Bonchev–Trinajstić information content (AvgIpc) is 3.49. The van der Waals surface area contributed by atoms with E-state index in [1.807, 2.05) is 0 Å². The molecule has 0 bridgehead atoms. The van der Waals surface area contributed by atoms with Crippen molar-refractivity contribution in [3.05, 3.63) is 98.5 Å². The zero-order valence-corrected chi connectivity index (χ0v) is 25.6. The van der Waals surface area contributed by atoms with Crippen molar-refractivity contribution in [3.63, 3.8) is 0 Å². The normalized spacial score (nSPS) is 19.5. The van der Waals surface area contributed by atoms with E-state index >= 15 is 0 Å². The molecule has 6 rings (SSSR count). The second kappa shape index (κ2) is 11.7. The minimum Gasteiger partial charge on any atom is -0.483 e. The number of primary sulfonamides is 1. The number of benzene rings is 3. The van der Waals surface area contributed by atoms with Crippen molar-refractivity contribution in [1.29, 1.82) is 0 Å². The second-order valence-corrected chi connectivity index (χ2v) is 13.9. The highest BCUT2D eigenvalue weighted by molar-refractivity contribution is 8.00. The van der Waals surface area contributed by atoms with Crippen LogP contribution in [0.2, 0.25) is 0 Å². The zero-order chi connectivity index (χ0) is 33.0. The van der Waals surface area contributed by atoms with Crippen LogP contribution in [0.1, 0.15) is 21.9 Å². The number of halogens is 3. The lowest BCUT2D eigenvalue weighted by Gasteiger charge is -2.30. The average molecular weight is 691 g/mol. The minimum absolute atomic E-state index is 0.138. The van der Waals surface area contributed by atoms with E-state index in [1.165, 1.54) is 36.4 Å². The summed E-state index contributed by atoms with van der Waals surface area (Å²) in [4.78, 5) is 55.8. The third-order valence-corrected chi connectivity index (χ3v) is 10.7. The smallest absolute Gasteiger partial charge is 0.418 e. The van der Waals surface area contributed by atoms with Crippen LogP contribution in [-0.4, -0.2) is 43.0 Å². The maximum Gasteiger partial charge on any atom is 0.418 e. The van der Waals surface area contributed by atoms with Gasteiger partial charge in [-0.15, -0.1) is 0 Å². The van der Waals surface area contributed by atoms with Crippen LogP contribution in [0.25, 0.3) is 0 Å². The van der Waals surface area contributed by atoms with Gasteiger partial charge in [0.15, 0.2) is 6.61 Å². The predicted molar refractivity (Wildman–Crippen MR) is 162 cm³/mol. The maximum atomic E-state index is 14.0. The number of ether oxygens (including phenoxy) is 1. The molecule has 46 heavy (non-hydrogen) atoms. The molecular weight excluding hydrogens is 670 g/mol. The molecule has 4 aromatic rings. The van der Waals surface area contributed by atoms with E-state index in [0.717, 1.165) is 41.3 Å². The number of carbonyl (C=O) groups excluding carboxylic acids is 3. The first kappa shape index (κ1) is 31.5. The molecule has 3 aromatic carbocycles. The lowest BCUT2D eigenvalue weighted by Crippen LogP contribution is -2.33. The number of nitrogens with zero attached hydrogens (tertiary/aromatic N) is 1. The highest BCUT2D eigenvalue weighted by Gasteiger charge is 2.57. The number of aromatic amines is 1. The fourth-order valence-corrected chi connectivity index (χ4v) is 8.46. The van der Waals surface area contributed by atoms with Crippen molar-refractivity contribution in [3.8, 4) is 5.75 Å². The number of alkyl halides is 3. The highest BCUT2D eigenvalue weighted by atomic mass is 32.2. The molecule has 1 aromatic heterocycles. The Labute approximate surface area is 266 Å². The van der Waals surface area contributed by atoms with Crippen LogP contribution in [-0.2, 0) is 30.6 Å². The summed E-state index contributed by atoms with van der Waals surface area (Å²) in [5.41, 5.74) is -1.13. The maximum absolute atomic E-state index is 14.0. The fraction of sp³-hybridized carbons (Fsp3) is 0.172. The van der Waals surface area contributed by atoms with E-state index in [-0.39, 0.29) is 16.3 Å². The van der Waals surface area contributed by atoms with Gasteiger partial charge in [0.05, 0.1) is 27.1 Å². The molecule has 3 heterocycles. The lowest BCUT2D eigenvalue weighted by atomic mass is 9.82. The van der Waals surface area contributed by atoms with Gasteiger partial charge in [0.2, 0.25) is 21.8 Å². The lowest BCUT2D eigenvalue weighted by molar-refractivity contribution is -0.137. The van der Waals surface area contributed by atoms with Crippen LogP contribution in [0.4, 0.5) is 24.5 Å². The first-order valence-electron chi connectivity index (χ1n) is 13.3. The molecular formula is C29H21F3N4O7S3.